The molecule has 1 aromatic heterocycles. The van der Waals surface area contributed by atoms with E-state index in [-0.39, 0.29) is 17.3 Å². The van der Waals surface area contributed by atoms with E-state index in [9.17, 15) is 17.6 Å². The third-order valence-electron chi connectivity index (χ3n) is 3.07. The highest BCUT2D eigenvalue weighted by atomic mass is 19.4. The molecule has 0 aliphatic rings. The van der Waals surface area contributed by atoms with Gasteiger partial charge in [-0.2, -0.15) is 13.2 Å². The van der Waals surface area contributed by atoms with Crippen LogP contribution in [0.25, 0.3) is 22.8 Å². The SMILES string of the molecule is Fc1ccc(-c2cnc(-c3cccc(C(F)(F)F)c3)o2)cc1. The maximum absolute atomic E-state index is 12.9. The molecule has 0 radical (unpaired) electrons. The highest BCUT2D eigenvalue weighted by Gasteiger charge is 2.30. The molecule has 0 N–H and O–H groups in total. The second-order valence-electron chi connectivity index (χ2n) is 4.62. The lowest BCUT2D eigenvalue weighted by Gasteiger charge is -2.06. The van der Waals surface area contributed by atoms with Gasteiger partial charge in [0, 0.05) is 11.1 Å². The molecule has 0 aliphatic heterocycles. The van der Waals surface area contributed by atoms with Crippen LogP contribution in [0.5, 0.6) is 0 Å². The van der Waals surface area contributed by atoms with Crippen molar-refractivity contribution in [3.63, 3.8) is 0 Å². The van der Waals surface area contributed by atoms with Crippen LogP contribution in [0.15, 0.2) is 59.1 Å². The van der Waals surface area contributed by atoms with Crippen molar-refractivity contribution in [2.24, 2.45) is 0 Å². The molecule has 0 fully saturated rings. The molecule has 0 spiro atoms. The Morgan fingerprint density at radius 1 is 0.909 bits per heavy atom. The summed E-state index contributed by atoms with van der Waals surface area (Å²) in [5, 5.41) is 0. The molecular weight excluding hydrogens is 298 g/mol. The Kier molecular flexibility index (Phi) is 3.44. The molecule has 0 amide bonds. The Labute approximate surface area is 123 Å². The van der Waals surface area contributed by atoms with Crippen molar-refractivity contribution < 1.29 is 22.0 Å². The van der Waals surface area contributed by atoms with Gasteiger partial charge in [0.05, 0.1) is 11.8 Å². The fourth-order valence-corrected chi connectivity index (χ4v) is 1.98. The average Bonchev–Trinajstić information content (AvgIpc) is 2.97. The topological polar surface area (TPSA) is 26.0 Å². The van der Waals surface area contributed by atoms with Crippen LogP contribution in [0.2, 0.25) is 0 Å². The Bertz CT molecular complexity index is 790. The van der Waals surface area contributed by atoms with Crippen molar-refractivity contribution in [3.05, 3.63) is 66.1 Å². The second-order valence-corrected chi connectivity index (χ2v) is 4.62. The van der Waals surface area contributed by atoms with Crippen molar-refractivity contribution in [3.8, 4) is 22.8 Å². The van der Waals surface area contributed by atoms with Crippen molar-refractivity contribution >= 4 is 0 Å². The first-order valence-corrected chi connectivity index (χ1v) is 6.33. The number of benzene rings is 2. The summed E-state index contributed by atoms with van der Waals surface area (Å²) >= 11 is 0. The maximum atomic E-state index is 12.9. The van der Waals surface area contributed by atoms with Gasteiger partial charge >= 0.3 is 6.18 Å². The van der Waals surface area contributed by atoms with Gasteiger partial charge in [-0.25, -0.2) is 9.37 Å². The van der Waals surface area contributed by atoms with Crippen LogP contribution in [0.4, 0.5) is 17.6 Å². The molecule has 0 aliphatic carbocycles. The first-order valence-electron chi connectivity index (χ1n) is 6.33. The van der Waals surface area contributed by atoms with Gasteiger partial charge in [-0.1, -0.05) is 6.07 Å². The van der Waals surface area contributed by atoms with Gasteiger partial charge in [0.2, 0.25) is 5.89 Å². The molecule has 0 unspecified atom stereocenters. The summed E-state index contributed by atoms with van der Waals surface area (Å²) < 4.78 is 56.5. The van der Waals surface area contributed by atoms with Gasteiger partial charge < -0.3 is 4.42 Å². The minimum absolute atomic E-state index is 0.0745. The van der Waals surface area contributed by atoms with E-state index in [1.807, 2.05) is 0 Å². The summed E-state index contributed by atoms with van der Waals surface area (Å²) in [6.45, 7) is 0. The summed E-state index contributed by atoms with van der Waals surface area (Å²) in [5.74, 6) is 0.0409. The van der Waals surface area contributed by atoms with E-state index >= 15 is 0 Å². The monoisotopic (exact) mass is 307 g/mol. The van der Waals surface area contributed by atoms with Crippen molar-refractivity contribution in [1.29, 1.82) is 0 Å². The number of hydrogen-bond donors (Lipinski definition) is 0. The standard InChI is InChI=1S/C16H9F4NO/c17-13-6-4-10(5-7-13)14-9-21-15(22-14)11-2-1-3-12(8-11)16(18,19)20/h1-9H. The summed E-state index contributed by atoms with van der Waals surface area (Å²) in [5.41, 5.74) is 0.0434. The Hall–Kier alpha value is -2.63. The number of halogens is 4. The molecular formula is C16H9F4NO. The highest BCUT2D eigenvalue weighted by Crippen LogP contribution is 2.33. The molecule has 1 heterocycles. The van der Waals surface area contributed by atoms with E-state index in [1.54, 1.807) is 0 Å². The van der Waals surface area contributed by atoms with Gasteiger partial charge in [0.15, 0.2) is 5.76 Å². The van der Waals surface area contributed by atoms with Crippen molar-refractivity contribution in [2.75, 3.05) is 0 Å². The normalized spacial score (nSPS) is 11.6. The zero-order valence-corrected chi connectivity index (χ0v) is 11.1. The number of aromatic nitrogens is 1. The molecule has 2 nitrogen and oxygen atoms in total. The Morgan fingerprint density at radius 2 is 1.64 bits per heavy atom. The smallest absolute Gasteiger partial charge is 0.416 e. The third-order valence-corrected chi connectivity index (χ3v) is 3.07. The van der Waals surface area contributed by atoms with E-state index < -0.39 is 11.7 Å². The van der Waals surface area contributed by atoms with Crippen molar-refractivity contribution in [2.45, 2.75) is 6.18 Å². The average molecular weight is 307 g/mol. The number of nitrogens with zero attached hydrogens (tertiary/aromatic N) is 1. The van der Waals surface area contributed by atoms with Crippen molar-refractivity contribution in [1.82, 2.24) is 4.98 Å². The highest BCUT2D eigenvalue weighted by molar-refractivity contribution is 5.61. The van der Waals surface area contributed by atoms with E-state index in [0.29, 0.717) is 11.3 Å². The zero-order valence-electron chi connectivity index (χ0n) is 11.1. The van der Waals surface area contributed by atoms with Crippen LogP contribution in [0, 0.1) is 5.82 Å². The van der Waals surface area contributed by atoms with Gasteiger partial charge in [0.25, 0.3) is 0 Å². The fraction of sp³-hybridized carbons (Fsp3) is 0.0625. The molecule has 6 heteroatoms. The van der Waals surface area contributed by atoms with Gasteiger partial charge in [0.1, 0.15) is 5.82 Å². The van der Waals surface area contributed by atoms with Crippen LogP contribution < -0.4 is 0 Å². The molecule has 0 bridgehead atoms. The first kappa shape index (κ1) is 14.3. The fourth-order valence-electron chi connectivity index (χ4n) is 1.98. The van der Waals surface area contributed by atoms with E-state index in [1.165, 1.54) is 42.6 Å². The lowest BCUT2D eigenvalue weighted by Crippen LogP contribution is -2.04. The predicted molar refractivity (Wildman–Crippen MR) is 72.3 cm³/mol. The summed E-state index contributed by atoms with van der Waals surface area (Å²) in [6.07, 6.45) is -3.04. The quantitative estimate of drug-likeness (QED) is 0.611. The van der Waals surface area contributed by atoms with Crippen LogP contribution >= 0.6 is 0 Å². The van der Waals surface area contributed by atoms with E-state index in [4.69, 9.17) is 4.42 Å². The van der Waals surface area contributed by atoms with E-state index in [0.717, 1.165) is 12.1 Å². The van der Waals surface area contributed by atoms with Crippen LogP contribution in [-0.4, -0.2) is 4.98 Å². The molecule has 3 rings (SSSR count). The summed E-state index contributed by atoms with van der Waals surface area (Å²) in [6, 6.07) is 10.3. The molecule has 0 atom stereocenters. The molecule has 112 valence electrons. The number of hydrogen-bond acceptors (Lipinski definition) is 2. The number of alkyl halides is 3. The van der Waals surface area contributed by atoms with Gasteiger partial charge in [-0.3, -0.25) is 0 Å². The molecule has 0 saturated heterocycles. The van der Waals surface area contributed by atoms with Crippen LogP contribution in [-0.2, 0) is 6.18 Å². The molecule has 22 heavy (non-hydrogen) atoms. The summed E-state index contributed by atoms with van der Waals surface area (Å²) in [7, 11) is 0. The number of rotatable bonds is 2. The minimum atomic E-state index is -4.43. The lowest BCUT2D eigenvalue weighted by atomic mass is 10.1. The van der Waals surface area contributed by atoms with Gasteiger partial charge in [-0.15, -0.1) is 0 Å². The Balaban J connectivity index is 1.96. The largest absolute Gasteiger partial charge is 0.436 e. The first-order chi connectivity index (χ1) is 10.4. The molecule has 0 saturated carbocycles. The maximum Gasteiger partial charge on any atom is 0.416 e. The van der Waals surface area contributed by atoms with Gasteiger partial charge in [-0.05, 0) is 42.5 Å². The van der Waals surface area contributed by atoms with Crippen LogP contribution in [0.3, 0.4) is 0 Å². The predicted octanol–water partition coefficient (Wildman–Crippen LogP) is 5.17. The van der Waals surface area contributed by atoms with Crippen LogP contribution in [0.1, 0.15) is 5.56 Å². The Morgan fingerprint density at radius 3 is 2.32 bits per heavy atom. The molecule has 3 aromatic rings. The minimum Gasteiger partial charge on any atom is -0.436 e. The summed E-state index contributed by atoms with van der Waals surface area (Å²) in [4.78, 5) is 3.98. The number of oxazole rings is 1. The second kappa shape index (κ2) is 5.29. The van der Waals surface area contributed by atoms with E-state index in [2.05, 4.69) is 4.98 Å². The molecule has 2 aromatic carbocycles. The third kappa shape index (κ3) is 2.86. The lowest BCUT2D eigenvalue weighted by molar-refractivity contribution is -0.137. The zero-order chi connectivity index (χ0) is 15.7.